The van der Waals surface area contributed by atoms with Gasteiger partial charge in [-0.05, 0) is 26.7 Å². The highest BCUT2D eigenvalue weighted by molar-refractivity contribution is 5.87. The van der Waals surface area contributed by atoms with Crippen LogP contribution in [0.3, 0.4) is 0 Å². The van der Waals surface area contributed by atoms with Gasteiger partial charge in [0.05, 0.1) is 6.10 Å². The van der Waals surface area contributed by atoms with E-state index in [1.807, 2.05) is 11.8 Å². The number of amides is 2. The van der Waals surface area contributed by atoms with Crippen molar-refractivity contribution in [3.8, 4) is 0 Å². The fourth-order valence-electron chi connectivity index (χ4n) is 3.16. The van der Waals surface area contributed by atoms with Crippen LogP contribution in [0.15, 0.2) is 0 Å². The molecule has 6 heteroatoms. The zero-order valence-electron chi connectivity index (χ0n) is 13.1. The molecule has 2 aliphatic rings. The molecule has 6 nitrogen and oxygen atoms in total. The van der Waals surface area contributed by atoms with Crippen molar-refractivity contribution in [3.63, 3.8) is 0 Å². The first kappa shape index (κ1) is 16.2. The zero-order valence-corrected chi connectivity index (χ0v) is 13.1. The van der Waals surface area contributed by atoms with Gasteiger partial charge in [0.25, 0.3) is 0 Å². The molecule has 0 aromatic rings. The molecule has 0 aromatic carbocycles. The first-order valence-electron chi connectivity index (χ1n) is 7.97. The van der Waals surface area contributed by atoms with Crippen LogP contribution in [0.1, 0.15) is 33.1 Å². The molecule has 0 aromatic heterocycles. The van der Waals surface area contributed by atoms with E-state index in [-0.39, 0.29) is 24.0 Å². The van der Waals surface area contributed by atoms with Crippen molar-refractivity contribution in [3.05, 3.63) is 0 Å². The van der Waals surface area contributed by atoms with Gasteiger partial charge in [-0.3, -0.25) is 14.5 Å². The van der Waals surface area contributed by atoms with Gasteiger partial charge in [0.1, 0.15) is 6.04 Å². The number of nitrogens with zero attached hydrogens (tertiary/aromatic N) is 3. The maximum Gasteiger partial charge on any atom is 0.245 e. The molecule has 120 valence electrons. The fraction of sp³-hybridized carbons (Fsp3) is 0.867. The third-order valence-electron chi connectivity index (χ3n) is 4.39. The first-order valence-corrected chi connectivity index (χ1v) is 7.97. The summed E-state index contributed by atoms with van der Waals surface area (Å²) in [5.41, 5.74) is 0. The Balaban J connectivity index is 1.85. The predicted octanol–water partition coefficient (Wildman–Crippen LogP) is -0.0876. The molecule has 1 N–H and O–H groups in total. The average Bonchev–Trinajstić information content (AvgIpc) is 2.46. The highest BCUT2D eigenvalue weighted by Crippen LogP contribution is 2.16. The molecular weight excluding hydrogens is 270 g/mol. The van der Waals surface area contributed by atoms with Crippen molar-refractivity contribution >= 4 is 11.8 Å². The summed E-state index contributed by atoms with van der Waals surface area (Å²) < 4.78 is 0. The lowest BCUT2D eigenvalue weighted by atomic mass is 10.1. The lowest BCUT2D eigenvalue weighted by Gasteiger charge is -2.39. The highest BCUT2D eigenvalue weighted by Gasteiger charge is 2.32. The number of carbonyl (C=O) groups is 2. The first-order chi connectivity index (χ1) is 9.99. The molecule has 2 unspecified atom stereocenters. The van der Waals surface area contributed by atoms with Crippen LogP contribution >= 0.6 is 0 Å². The van der Waals surface area contributed by atoms with E-state index in [1.54, 1.807) is 11.8 Å². The van der Waals surface area contributed by atoms with Gasteiger partial charge in [0.15, 0.2) is 0 Å². The summed E-state index contributed by atoms with van der Waals surface area (Å²) in [6.07, 6.45) is 2.16. The Labute approximate surface area is 126 Å². The van der Waals surface area contributed by atoms with Gasteiger partial charge in [0.2, 0.25) is 11.8 Å². The van der Waals surface area contributed by atoms with E-state index in [9.17, 15) is 14.7 Å². The van der Waals surface area contributed by atoms with Crippen LogP contribution in [0.25, 0.3) is 0 Å². The molecule has 2 heterocycles. The molecule has 21 heavy (non-hydrogen) atoms. The van der Waals surface area contributed by atoms with E-state index in [2.05, 4.69) is 4.90 Å². The number of β-amino-alcohol motifs (C(OH)–C–C–N with tert-alkyl or cyclic N) is 1. The molecule has 2 rings (SSSR count). The van der Waals surface area contributed by atoms with Crippen molar-refractivity contribution in [1.82, 2.24) is 14.7 Å². The molecule has 0 bridgehead atoms. The van der Waals surface area contributed by atoms with Crippen molar-refractivity contribution in [2.24, 2.45) is 0 Å². The molecule has 0 aliphatic carbocycles. The fourth-order valence-corrected chi connectivity index (χ4v) is 3.16. The number of hydrogen-bond acceptors (Lipinski definition) is 4. The number of rotatable bonds is 4. The number of hydrogen-bond donors (Lipinski definition) is 1. The molecule has 2 amide bonds. The van der Waals surface area contributed by atoms with Crippen molar-refractivity contribution < 1.29 is 14.7 Å². The van der Waals surface area contributed by atoms with Gasteiger partial charge in [-0.25, -0.2) is 0 Å². The summed E-state index contributed by atoms with van der Waals surface area (Å²) in [6, 6.07) is -0.346. The second kappa shape index (κ2) is 7.22. The smallest absolute Gasteiger partial charge is 0.245 e. The van der Waals surface area contributed by atoms with Crippen LogP contribution < -0.4 is 0 Å². The summed E-state index contributed by atoms with van der Waals surface area (Å²) in [4.78, 5) is 30.2. The standard InChI is InChI=1S/C15H27N3O3/c1-12(19)11-16-7-9-17(10-8-16)15(21)13(2)18-6-4-3-5-14(18)20/h12-13,19H,3-11H2,1-2H3. The number of aliphatic hydroxyl groups is 1. The average molecular weight is 297 g/mol. The minimum atomic E-state index is -0.346. The Hall–Kier alpha value is -1.14. The maximum absolute atomic E-state index is 12.5. The van der Waals surface area contributed by atoms with Gasteiger partial charge in [0, 0.05) is 45.7 Å². The van der Waals surface area contributed by atoms with Gasteiger partial charge in [-0.2, -0.15) is 0 Å². The molecule has 2 saturated heterocycles. The summed E-state index contributed by atoms with van der Waals surface area (Å²) in [5.74, 6) is 0.164. The van der Waals surface area contributed by atoms with Crippen LogP contribution in [-0.4, -0.2) is 83.0 Å². The summed E-state index contributed by atoms with van der Waals surface area (Å²) in [5, 5.41) is 9.40. The topological polar surface area (TPSA) is 64.1 Å². The number of piperidine rings is 1. The van der Waals surface area contributed by atoms with Crippen molar-refractivity contribution in [2.45, 2.75) is 45.3 Å². The minimum absolute atomic E-state index is 0.0574. The number of carbonyl (C=O) groups excluding carboxylic acids is 2. The molecule has 2 aliphatic heterocycles. The summed E-state index contributed by atoms with van der Waals surface area (Å²) in [6.45, 7) is 7.91. The quantitative estimate of drug-likeness (QED) is 0.788. The normalized spacial score (nSPS) is 24.0. The van der Waals surface area contributed by atoms with E-state index in [4.69, 9.17) is 0 Å². The van der Waals surface area contributed by atoms with Gasteiger partial charge in [-0.1, -0.05) is 0 Å². The zero-order chi connectivity index (χ0) is 15.4. The second-order valence-electron chi connectivity index (χ2n) is 6.20. The Morgan fingerprint density at radius 3 is 2.38 bits per heavy atom. The largest absolute Gasteiger partial charge is 0.392 e. The highest BCUT2D eigenvalue weighted by atomic mass is 16.3. The lowest BCUT2D eigenvalue weighted by molar-refractivity contribution is -0.147. The van der Waals surface area contributed by atoms with E-state index >= 15 is 0 Å². The van der Waals surface area contributed by atoms with Crippen LogP contribution in [0.4, 0.5) is 0 Å². The second-order valence-corrected chi connectivity index (χ2v) is 6.20. The number of likely N-dealkylation sites (tertiary alicyclic amines) is 1. The lowest BCUT2D eigenvalue weighted by Crippen LogP contribution is -2.56. The molecular formula is C15H27N3O3. The monoisotopic (exact) mass is 297 g/mol. The maximum atomic E-state index is 12.5. The summed E-state index contributed by atoms with van der Waals surface area (Å²) in [7, 11) is 0. The molecule has 0 saturated carbocycles. The number of piperazine rings is 1. The number of aliphatic hydroxyl groups excluding tert-OH is 1. The Morgan fingerprint density at radius 1 is 1.14 bits per heavy atom. The van der Waals surface area contributed by atoms with Crippen LogP contribution in [0, 0.1) is 0 Å². The third kappa shape index (κ3) is 4.17. The van der Waals surface area contributed by atoms with Crippen molar-refractivity contribution in [2.75, 3.05) is 39.3 Å². The van der Waals surface area contributed by atoms with E-state index in [0.717, 1.165) is 25.9 Å². The van der Waals surface area contributed by atoms with E-state index in [1.165, 1.54) is 0 Å². The van der Waals surface area contributed by atoms with Crippen molar-refractivity contribution in [1.29, 1.82) is 0 Å². The molecule has 2 atom stereocenters. The predicted molar refractivity (Wildman–Crippen MR) is 79.7 cm³/mol. The third-order valence-corrected chi connectivity index (χ3v) is 4.39. The molecule has 2 fully saturated rings. The molecule has 0 radical (unpaired) electrons. The summed E-state index contributed by atoms with van der Waals surface area (Å²) >= 11 is 0. The van der Waals surface area contributed by atoms with Crippen LogP contribution in [-0.2, 0) is 9.59 Å². The minimum Gasteiger partial charge on any atom is -0.392 e. The van der Waals surface area contributed by atoms with Crippen LogP contribution in [0.2, 0.25) is 0 Å². The van der Waals surface area contributed by atoms with Crippen LogP contribution in [0.5, 0.6) is 0 Å². The molecule has 0 spiro atoms. The van der Waals surface area contributed by atoms with Gasteiger partial charge < -0.3 is 14.9 Å². The Kier molecular flexibility index (Phi) is 5.58. The van der Waals surface area contributed by atoms with E-state index in [0.29, 0.717) is 32.6 Å². The van der Waals surface area contributed by atoms with Gasteiger partial charge in [-0.15, -0.1) is 0 Å². The SMILES string of the molecule is CC(O)CN1CCN(C(=O)C(C)N2CCCCC2=O)CC1. The van der Waals surface area contributed by atoms with Gasteiger partial charge >= 0.3 is 0 Å². The Bertz CT molecular complexity index is 378. The Morgan fingerprint density at radius 2 is 1.81 bits per heavy atom. The van der Waals surface area contributed by atoms with E-state index < -0.39 is 0 Å².